The van der Waals surface area contributed by atoms with Crippen LogP contribution in [-0.4, -0.2) is 46.0 Å². The van der Waals surface area contributed by atoms with Gasteiger partial charge >= 0.3 is 0 Å². The summed E-state index contributed by atoms with van der Waals surface area (Å²) in [4.78, 5) is 34.0. The predicted octanol–water partition coefficient (Wildman–Crippen LogP) is 4.86. The Kier molecular flexibility index (Phi) is 5.92. The van der Waals surface area contributed by atoms with Gasteiger partial charge in [-0.05, 0) is 56.2 Å². The van der Waals surface area contributed by atoms with Gasteiger partial charge < -0.3 is 9.80 Å². The van der Waals surface area contributed by atoms with Crippen molar-refractivity contribution in [2.45, 2.75) is 69.9 Å². The molecule has 7 heteroatoms. The average Bonchev–Trinajstić information content (AvgIpc) is 3.52. The molecule has 182 valence electrons. The Morgan fingerprint density at radius 2 is 1.94 bits per heavy atom. The smallest absolute Gasteiger partial charge is 0.255 e. The van der Waals surface area contributed by atoms with Gasteiger partial charge in [0.1, 0.15) is 11.9 Å². The highest BCUT2D eigenvalue weighted by atomic mass is 16.2. The molecule has 0 spiro atoms. The number of aromatic nitrogens is 2. The summed E-state index contributed by atoms with van der Waals surface area (Å²) in [6.45, 7) is 1.10. The number of anilines is 2. The standard InChI is InChI=1S/C28H33N5O2/c34-26(19-31-18-8-10-20-9-4-6-14-23(20)31)33(25-16-17-29-30-25)27-22-13-5-7-15-24(22)32(28(27)35)21-11-2-1-3-12-21/h5-7,13-17,21,27H,1-4,8-12,18-19H2,(H,29,30). The maximum Gasteiger partial charge on any atom is 0.255 e. The van der Waals surface area contributed by atoms with Gasteiger partial charge in [-0.1, -0.05) is 43.5 Å². The number of H-pyrrole nitrogens is 1. The van der Waals surface area contributed by atoms with Gasteiger partial charge in [-0.2, -0.15) is 5.10 Å². The van der Waals surface area contributed by atoms with E-state index in [0.29, 0.717) is 5.82 Å². The Morgan fingerprint density at radius 1 is 1.09 bits per heavy atom. The summed E-state index contributed by atoms with van der Waals surface area (Å²) in [7, 11) is 0. The summed E-state index contributed by atoms with van der Waals surface area (Å²) in [5.74, 6) is 0.483. The van der Waals surface area contributed by atoms with E-state index in [1.807, 2.05) is 29.2 Å². The molecule has 7 nitrogen and oxygen atoms in total. The maximum atomic E-state index is 14.1. The molecule has 2 amide bonds. The first-order valence-corrected chi connectivity index (χ1v) is 13.1. The highest BCUT2D eigenvalue weighted by molar-refractivity contribution is 6.11. The number of allylic oxidation sites excluding steroid dienone is 3. The first-order valence-electron chi connectivity index (χ1n) is 13.1. The molecule has 35 heavy (non-hydrogen) atoms. The summed E-state index contributed by atoms with van der Waals surface area (Å²) in [6.07, 6.45) is 15.9. The van der Waals surface area contributed by atoms with Gasteiger partial charge in [0.15, 0.2) is 0 Å². The fourth-order valence-electron chi connectivity index (χ4n) is 6.38. The minimum atomic E-state index is -0.679. The number of hydrogen-bond donors (Lipinski definition) is 1. The molecule has 0 radical (unpaired) electrons. The van der Waals surface area contributed by atoms with Crippen molar-refractivity contribution in [1.29, 1.82) is 0 Å². The fourth-order valence-corrected chi connectivity index (χ4v) is 6.38. The van der Waals surface area contributed by atoms with Crippen molar-refractivity contribution in [3.05, 3.63) is 65.5 Å². The zero-order valence-corrected chi connectivity index (χ0v) is 20.2. The molecule has 1 fully saturated rings. The van der Waals surface area contributed by atoms with Gasteiger partial charge in [0.2, 0.25) is 5.91 Å². The Balaban J connectivity index is 1.35. The second kappa shape index (κ2) is 9.36. The van der Waals surface area contributed by atoms with Gasteiger partial charge in [0.05, 0.1) is 12.7 Å². The number of benzene rings is 1. The van der Waals surface area contributed by atoms with Crippen LogP contribution in [-0.2, 0) is 9.59 Å². The summed E-state index contributed by atoms with van der Waals surface area (Å²) < 4.78 is 0. The van der Waals surface area contributed by atoms with E-state index in [1.165, 1.54) is 17.7 Å². The number of fused-ring (bicyclic) bond motifs is 1. The molecule has 3 heterocycles. The molecule has 2 aromatic rings. The molecular weight excluding hydrogens is 438 g/mol. The molecule has 2 aliphatic carbocycles. The van der Waals surface area contributed by atoms with Crippen LogP contribution >= 0.6 is 0 Å². The van der Waals surface area contributed by atoms with E-state index in [2.05, 4.69) is 27.2 Å². The van der Waals surface area contributed by atoms with Crippen LogP contribution in [0.15, 0.2) is 60.0 Å². The van der Waals surface area contributed by atoms with E-state index >= 15 is 0 Å². The quantitative estimate of drug-likeness (QED) is 0.676. The topological polar surface area (TPSA) is 72.5 Å². The predicted molar refractivity (Wildman–Crippen MR) is 136 cm³/mol. The lowest BCUT2D eigenvalue weighted by molar-refractivity contribution is -0.125. The van der Waals surface area contributed by atoms with Gasteiger partial charge in [-0.15, -0.1) is 0 Å². The minimum Gasteiger partial charge on any atom is -0.362 e. The van der Waals surface area contributed by atoms with Gasteiger partial charge in [0.25, 0.3) is 5.91 Å². The van der Waals surface area contributed by atoms with Crippen molar-refractivity contribution >= 4 is 23.3 Å². The molecule has 2 aliphatic heterocycles. The Bertz CT molecular complexity index is 1160. The first kappa shape index (κ1) is 22.1. The lowest BCUT2D eigenvalue weighted by atomic mass is 9.93. The van der Waals surface area contributed by atoms with E-state index in [0.717, 1.165) is 69.2 Å². The highest BCUT2D eigenvalue weighted by Crippen LogP contribution is 2.44. The molecule has 1 N–H and O–H groups in total. The van der Waals surface area contributed by atoms with Gasteiger partial charge in [-0.25, -0.2) is 0 Å². The molecule has 0 bridgehead atoms. The van der Waals surface area contributed by atoms with Gasteiger partial charge in [-0.3, -0.25) is 19.6 Å². The monoisotopic (exact) mass is 471 g/mol. The largest absolute Gasteiger partial charge is 0.362 e. The molecule has 1 aromatic heterocycles. The molecular formula is C28H33N5O2. The van der Waals surface area contributed by atoms with Crippen LogP contribution in [0.2, 0.25) is 0 Å². The molecule has 0 saturated heterocycles. The number of rotatable bonds is 5. The second-order valence-corrected chi connectivity index (χ2v) is 10.1. The Hall–Kier alpha value is -3.35. The third kappa shape index (κ3) is 3.97. The molecule has 1 atom stereocenters. The van der Waals surface area contributed by atoms with Crippen molar-refractivity contribution in [3.8, 4) is 0 Å². The molecule has 1 aromatic carbocycles. The van der Waals surface area contributed by atoms with E-state index in [-0.39, 0.29) is 24.4 Å². The van der Waals surface area contributed by atoms with Gasteiger partial charge in [0, 0.05) is 35.6 Å². The highest BCUT2D eigenvalue weighted by Gasteiger charge is 2.46. The number of hydrogen-bond acceptors (Lipinski definition) is 4. The minimum absolute atomic E-state index is 0.00263. The normalized spacial score (nSPS) is 22.4. The second-order valence-electron chi connectivity index (χ2n) is 10.1. The zero-order valence-electron chi connectivity index (χ0n) is 20.2. The summed E-state index contributed by atoms with van der Waals surface area (Å²) in [5, 5.41) is 7.10. The fraction of sp³-hybridized carbons (Fsp3) is 0.464. The lowest BCUT2D eigenvalue weighted by Crippen LogP contribution is -2.48. The Labute approximate surface area is 206 Å². The lowest BCUT2D eigenvalue weighted by Gasteiger charge is -2.36. The van der Waals surface area contributed by atoms with Crippen molar-refractivity contribution in [1.82, 2.24) is 15.1 Å². The number of nitrogens with zero attached hydrogens (tertiary/aromatic N) is 4. The number of amides is 2. The number of nitrogens with one attached hydrogen (secondary N) is 1. The van der Waals surface area contributed by atoms with Crippen LogP contribution in [0.25, 0.3) is 0 Å². The van der Waals surface area contributed by atoms with Crippen molar-refractivity contribution in [2.24, 2.45) is 0 Å². The van der Waals surface area contributed by atoms with Crippen molar-refractivity contribution < 1.29 is 9.59 Å². The van der Waals surface area contributed by atoms with E-state index < -0.39 is 6.04 Å². The number of carbonyl (C=O) groups is 2. The average molecular weight is 472 g/mol. The van der Waals surface area contributed by atoms with E-state index in [9.17, 15) is 9.59 Å². The van der Waals surface area contributed by atoms with Crippen LogP contribution in [0.3, 0.4) is 0 Å². The zero-order chi connectivity index (χ0) is 23.8. The number of carbonyl (C=O) groups excluding carboxylic acids is 2. The molecule has 1 saturated carbocycles. The first-order chi connectivity index (χ1) is 17.2. The molecule has 1 unspecified atom stereocenters. The number of aromatic amines is 1. The van der Waals surface area contributed by atoms with Crippen molar-refractivity contribution in [3.63, 3.8) is 0 Å². The third-order valence-corrected chi connectivity index (χ3v) is 8.00. The SMILES string of the molecule is O=C1C(N(C(=O)CN2CCCC3=C2C=CCC3)c2ccn[nH]2)c2ccccc2N1C1CCCCC1. The van der Waals surface area contributed by atoms with Crippen LogP contribution in [0.4, 0.5) is 11.5 Å². The summed E-state index contributed by atoms with van der Waals surface area (Å²) in [5.41, 5.74) is 4.50. The van der Waals surface area contributed by atoms with Crippen LogP contribution < -0.4 is 9.80 Å². The molecule has 6 rings (SSSR count). The molecule has 4 aliphatic rings. The third-order valence-electron chi connectivity index (χ3n) is 8.00. The summed E-state index contributed by atoms with van der Waals surface area (Å²) >= 11 is 0. The van der Waals surface area contributed by atoms with E-state index in [4.69, 9.17) is 0 Å². The van der Waals surface area contributed by atoms with Crippen LogP contribution in [0.5, 0.6) is 0 Å². The van der Waals surface area contributed by atoms with Crippen LogP contribution in [0.1, 0.15) is 69.4 Å². The van der Waals surface area contributed by atoms with E-state index in [1.54, 1.807) is 17.2 Å². The summed E-state index contributed by atoms with van der Waals surface area (Å²) in [6, 6.07) is 9.30. The van der Waals surface area contributed by atoms with Crippen molar-refractivity contribution in [2.75, 3.05) is 22.9 Å². The van der Waals surface area contributed by atoms with Crippen LogP contribution in [0, 0.1) is 0 Å². The maximum absolute atomic E-state index is 14.1. The number of para-hydroxylation sites is 1. The Morgan fingerprint density at radius 3 is 2.77 bits per heavy atom.